The molecule has 3 fully saturated rings. The fourth-order valence-corrected chi connectivity index (χ4v) is 11.3. The molecule has 6 nitrogen and oxygen atoms in total. The van der Waals surface area contributed by atoms with Gasteiger partial charge in [-0.05, 0) is 130 Å². The van der Waals surface area contributed by atoms with Gasteiger partial charge in [-0.1, -0.05) is 91.2 Å². The highest BCUT2D eigenvalue weighted by Crippen LogP contribution is 2.67. The number of unbranched alkanes of at least 4 members (excludes halogenated alkanes) is 5. The second-order valence-corrected chi connectivity index (χ2v) is 17.9. The van der Waals surface area contributed by atoms with Gasteiger partial charge in [-0.2, -0.15) is 0 Å². The quantitative estimate of drug-likeness (QED) is 0.0690. The standard InChI is InChI=1S/C43H77N3O3.2ClH/c1-32(2)15-12-16-33(3)37-21-22-38-36-20-19-34-31-35(23-25-42(34,4)39(36)24-26-43(37,38)5)49-41(48)18-13-17-40(47)46(30-14-28-45)29-11-9-7-6-8-10-27-44;;/h19,32-33,35-39H,6-18,20-31,44-45H2,1-5H3;2*1H. The van der Waals surface area contributed by atoms with Crippen molar-refractivity contribution in [2.24, 2.45) is 57.8 Å². The molecule has 0 aromatic carbocycles. The first-order valence-electron chi connectivity index (χ1n) is 21.1. The predicted molar refractivity (Wildman–Crippen MR) is 218 cm³/mol. The van der Waals surface area contributed by atoms with Gasteiger partial charge >= 0.3 is 5.97 Å². The molecule has 0 spiro atoms. The Morgan fingerprint density at radius 3 is 2.20 bits per heavy atom. The van der Waals surface area contributed by atoms with Gasteiger partial charge in [0.05, 0.1) is 0 Å². The van der Waals surface area contributed by atoms with Gasteiger partial charge in [-0.25, -0.2) is 0 Å². The highest BCUT2D eigenvalue weighted by atomic mass is 35.5. The summed E-state index contributed by atoms with van der Waals surface area (Å²) in [7, 11) is 0. The van der Waals surface area contributed by atoms with Gasteiger partial charge in [0.15, 0.2) is 0 Å². The Hall–Kier alpha value is -0.820. The largest absolute Gasteiger partial charge is 0.462 e. The Bertz CT molecular complexity index is 1070. The average molecular weight is 757 g/mol. The Labute approximate surface area is 326 Å². The summed E-state index contributed by atoms with van der Waals surface area (Å²) in [4.78, 5) is 28.0. The van der Waals surface area contributed by atoms with Crippen LogP contribution in [0.15, 0.2) is 11.6 Å². The van der Waals surface area contributed by atoms with E-state index in [-0.39, 0.29) is 48.2 Å². The molecular weight excluding hydrogens is 677 g/mol. The average Bonchev–Trinajstić information content (AvgIpc) is 3.43. The zero-order valence-corrected chi connectivity index (χ0v) is 35.1. The second-order valence-electron chi connectivity index (χ2n) is 17.9. The first-order valence-corrected chi connectivity index (χ1v) is 21.1. The number of amides is 1. The van der Waals surface area contributed by atoms with Crippen LogP contribution in [-0.4, -0.2) is 49.1 Å². The predicted octanol–water partition coefficient (Wildman–Crippen LogP) is 10.4. The van der Waals surface area contributed by atoms with Crippen molar-refractivity contribution in [1.29, 1.82) is 0 Å². The summed E-state index contributed by atoms with van der Waals surface area (Å²) in [6.07, 6.45) is 25.6. The Kier molecular flexibility index (Phi) is 20.5. The van der Waals surface area contributed by atoms with Crippen LogP contribution in [0.5, 0.6) is 0 Å². The van der Waals surface area contributed by atoms with Crippen LogP contribution in [0, 0.1) is 46.3 Å². The minimum absolute atomic E-state index is 0. The summed E-state index contributed by atoms with van der Waals surface area (Å²) >= 11 is 0. The second kappa shape index (κ2) is 22.5. The molecule has 0 radical (unpaired) electrons. The summed E-state index contributed by atoms with van der Waals surface area (Å²) < 4.78 is 6.09. The highest BCUT2D eigenvalue weighted by molar-refractivity contribution is 5.85. The van der Waals surface area contributed by atoms with E-state index < -0.39 is 0 Å². The summed E-state index contributed by atoms with van der Waals surface area (Å²) in [6.45, 7) is 15.4. The molecule has 0 aromatic rings. The molecular formula is C43H79Cl2N3O3. The fourth-order valence-electron chi connectivity index (χ4n) is 11.3. The SMILES string of the molecule is CC(C)CCCC(C)C1CCC2C3CC=C4CC(OC(=O)CCCC(=O)N(CCCN)CCCCCCCCN)CCC4(C)C3CCC12C.Cl.Cl. The van der Waals surface area contributed by atoms with Crippen molar-refractivity contribution in [2.75, 3.05) is 26.2 Å². The molecule has 0 aromatic heterocycles. The lowest BCUT2D eigenvalue weighted by Crippen LogP contribution is -2.51. The fraction of sp³-hybridized carbons (Fsp3) is 0.907. The van der Waals surface area contributed by atoms with Crippen LogP contribution in [0.4, 0.5) is 0 Å². The van der Waals surface area contributed by atoms with E-state index in [2.05, 4.69) is 40.7 Å². The molecule has 4 aliphatic rings. The molecule has 1 amide bonds. The molecule has 3 saturated carbocycles. The number of carbonyl (C=O) groups is 2. The van der Waals surface area contributed by atoms with Gasteiger partial charge in [0.25, 0.3) is 0 Å². The van der Waals surface area contributed by atoms with Crippen LogP contribution in [0.1, 0.15) is 169 Å². The first-order chi connectivity index (χ1) is 23.5. The zero-order valence-electron chi connectivity index (χ0n) is 33.4. The number of hydrogen-bond acceptors (Lipinski definition) is 5. The van der Waals surface area contributed by atoms with Crippen LogP contribution in [0.25, 0.3) is 0 Å². The van der Waals surface area contributed by atoms with Crippen molar-refractivity contribution in [2.45, 2.75) is 176 Å². The van der Waals surface area contributed by atoms with E-state index in [1.165, 1.54) is 70.6 Å². The monoisotopic (exact) mass is 756 g/mol. The Morgan fingerprint density at radius 2 is 1.49 bits per heavy atom. The number of hydrogen-bond donors (Lipinski definition) is 2. The van der Waals surface area contributed by atoms with E-state index >= 15 is 0 Å². The molecule has 4 N–H and O–H groups in total. The molecule has 4 aliphatic carbocycles. The Morgan fingerprint density at radius 1 is 0.804 bits per heavy atom. The molecule has 0 bridgehead atoms. The third-order valence-electron chi connectivity index (χ3n) is 14.2. The van der Waals surface area contributed by atoms with Crippen LogP contribution < -0.4 is 11.5 Å². The lowest BCUT2D eigenvalue weighted by Gasteiger charge is -2.58. The lowest BCUT2D eigenvalue weighted by molar-refractivity contribution is -0.151. The van der Waals surface area contributed by atoms with Crippen LogP contribution in [0.3, 0.4) is 0 Å². The van der Waals surface area contributed by atoms with Crippen molar-refractivity contribution in [1.82, 2.24) is 4.90 Å². The molecule has 298 valence electrons. The smallest absolute Gasteiger partial charge is 0.306 e. The number of fused-ring (bicyclic) bond motifs is 5. The summed E-state index contributed by atoms with van der Waals surface area (Å²) in [6, 6.07) is 0. The van der Waals surface area contributed by atoms with E-state index in [1.54, 1.807) is 5.57 Å². The van der Waals surface area contributed by atoms with E-state index in [9.17, 15) is 9.59 Å². The third kappa shape index (κ3) is 12.3. The molecule has 0 aliphatic heterocycles. The molecule has 51 heavy (non-hydrogen) atoms. The van der Waals surface area contributed by atoms with Crippen molar-refractivity contribution >= 4 is 36.7 Å². The third-order valence-corrected chi connectivity index (χ3v) is 14.2. The zero-order chi connectivity index (χ0) is 35.4. The Balaban J connectivity index is 0.00000451. The number of allylic oxidation sites excluding steroid dienone is 1. The number of rotatable bonds is 21. The summed E-state index contributed by atoms with van der Waals surface area (Å²) in [5.41, 5.74) is 13.7. The maximum atomic E-state index is 13.0. The van der Waals surface area contributed by atoms with Gasteiger partial charge in [0, 0.05) is 32.4 Å². The van der Waals surface area contributed by atoms with E-state index in [0.717, 1.165) is 93.5 Å². The van der Waals surface area contributed by atoms with Crippen LogP contribution in [-0.2, 0) is 14.3 Å². The number of esters is 1. The minimum Gasteiger partial charge on any atom is -0.462 e. The molecule has 8 atom stereocenters. The summed E-state index contributed by atoms with van der Waals surface area (Å²) in [5.74, 6) is 5.05. The van der Waals surface area contributed by atoms with Gasteiger partial charge in [-0.3, -0.25) is 9.59 Å². The van der Waals surface area contributed by atoms with Gasteiger partial charge in [0.2, 0.25) is 5.91 Å². The lowest BCUT2D eigenvalue weighted by atomic mass is 9.47. The maximum absolute atomic E-state index is 13.0. The van der Waals surface area contributed by atoms with Crippen LogP contribution in [0.2, 0.25) is 0 Å². The van der Waals surface area contributed by atoms with Crippen molar-refractivity contribution < 1.29 is 14.3 Å². The topological polar surface area (TPSA) is 98.7 Å². The molecule has 0 saturated heterocycles. The molecule has 8 unspecified atom stereocenters. The van der Waals surface area contributed by atoms with Crippen LogP contribution >= 0.6 is 24.8 Å². The molecule has 4 rings (SSSR count). The number of carbonyl (C=O) groups excluding carboxylic acids is 2. The van der Waals surface area contributed by atoms with Gasteiger partial charge < -0.3 is 21.1 Å². The summed E-state index contributed by atoms with van der Waals surface area (Å²) in [5, 5.41) is 0. The number of ether oxygens (including phenoxy) is 1. The number of nitrogens with zero attached hydrogens (tertiary/aromatic N) is 1. The first kappa shape index (κ1) is 46.3. The maximum Gasteiger partial charge on any atom is 0.306 e. The minimum atomic E-state index is -0.130. The molecule has 0 heterocycles. The van der Waals surface area contributed by atoms with Crippen molar-refractivity contribution in [3.8, 4) is 0 Å². The number of nitrogens with two attached hydrogens (primary N) is 2. The normalized spacial score (nSPS) is 30.2. The molecule has 8 heteroatoms. The van der Waals surface area contributed by atoms with E-state index in [1.807, 2.05) is 4.90 Å². The van der Waals surface area contributed by atoms with Crippen molar-refractivity contribution in [3.05, 3.63) is 11.6 Å². The van der Waals surface area contributed by atoms with Gasteiger partial charge in [-0.15, -0.1) is 24.8 Å². The number of halogens is 2. The van der Waals surface area contributed by atoms with E-state index in [0.29, 0.717) is 37.8 Å². The highest BCUT2D eigenvalue weighted by Gasteiger charge is 2.59. The van der Waals surface area contributed by atoms with E-state index in [4.69, 9.17) is 16.2 Å². The van der Waals surface area contributed by atoms with Crippen molar-refractivity contribution in [3.63, 3.8) is 0 Å². The van der Waals surface area contributed by atoms with Gasteiger partial charge in [0.1, 0.15) is 6.10 Å².